The van der Waals surface area contributed by atoms with Crippen molar-refractivity contribution < 1.29 is 9.53 Å². The fraction of sp³-hybridized carbons (Fsp3) is 0.115. The monoisotopic (exact) mass is 409 g/mol. The minimum absolute atomic E-state index is 0.247. The highest BCUT2D eigenvalue weighted by atomic mass is 16.5. The molecule has 5 nitrogen and oxygen atoms in total. The van der Waals surface area contributed by atoms with Crippen molar-refractivity contribution in [3.8, 4) is 17.0 Å². The van der Waals surface area contributed by atoms with Crippen LogP contribution in [0.4, 0.5) is 11.5 Å². The Kier molecular flexibility index (Phi) is 6.33. The maximum Gasteiger partial charge on any atom is 0.311 e. The van der Waals surface area contributed by atoms with Crippen molar-refractivity contribution >= 4 is 17.5 Å². The number of aryl methyl sites for hydroxylation is 2. The quantitative estimate of drug-likeness (QED) is 0.312. The van der Waals surface area contributed by atoms with Gasteiger partial charge in [0.15, 0.2) is 0 Å². The second-order valence-electron chi connectivity index (χ2n) is 7.16. The largest absolute Gasteiger partial charge is 0.427 e. The highest BCUT2D eigenvalue weighted by Crippen LogP contribution is 2.23. The molecule has 31 heavy (non-hydrogen) atoms. The molecule has 0 aliphatic heterocycles. The minimum Gasteiger partial charge on any atom is -0.427 e. The van der Waals surface area contributed by atoms with Crippen molar-refractivity contribution in [3.63, 3.8) is 0 Å². The van der Waals surface area contributed by atoms with Crippen molar-refractivity contribution in [1.29, 1.82) is 0 Å². The van der Waals surface area contributed by atoms with E-state index in [1.54, 1.807) is 12.1 Å². The molecule has 0 atom stereocenters. The maximum absolute atomic E-state index is 12.1. The molecule has 0 saturated carbocycles. The lowest BCUT2D eigenvalue weighted by Crippen LogP contribution is -2.09. The van der Waals surface area contributed by atoms with Gasteiger partial charge in [-0.2, -0.15) is 0 Å². The number of carbonyl (C=O) groups excluding carboxylic acids is 1. The summed E-state index contributed by atoms with van der Waals surface area (Å²) < 4.78 is 5.45. The number of esters is 1. The number of rotatable bonds is 7. The van der Waals surface area contributed by atoms with E-state index in [2.05, 4.69) is 15.3 Å². The summed E-state index contributed by atoms with van der Waals surface area (Å²) in [5, 5.41) is 3.29. The molecule has 0 bridgehead atoms. The van der Waals surface area contributed by atoms with Gasteiger partial charge in [0.1, 0.15) is 17.4 Å². The Morgan fingerprint density at radius 2 is 1.55 bits per heavy atom. The zero-order chi connectivity index (χ0) is 21.5. The van der Waals surface area contributed by atoms with Crippen LogP contribution in [0.5, 0.6) is 5.75 Å². The topological polar surface area (TPSA) is 64.1 Å². The molecule has 0 spiro atoms. The standard InChI is InChI=1S/C26H23N3O2/c1-19-27-24(21-10-6-3-7-11-21)18-25(28-19)29-22-13-15-23(16-14-22)31-26(30)17-12-20-8-4-2-5-9-20/h2-11,13-16,18H,12,17H2,1H3,(H,27,28,29). The van der Waals surface area contributed by atoms with E-state index in [9.17, 15) is 4.79 Å². The lowest BCUT2D eigenvalue weighted by molar-refractivity contribution is -0.134. The Bertz CT molecular complexity index is 1140. The van der Waals surface area contributed by atoms with Gasteiger partial charge in [0.05, 0.1) is 5.69 Å². The fourth-order valence-corrected chi connectivity index (χ4v) is 3.22. The summed E-state index contributed by atoms with van der Waals surface area (Å²) in [6.45, 7) is 1.87. The van der Waals surface area contributed by atoms with Crippen LogP contribution in [0.1, 0.15) is 17.8 Å². The van der Waals surface area contributed by atoms with Crippen LogP contribution in [-0.4, -0.2) is 15.9 Å². The van der Waals surface area contributed by atoms with Gasteiger partial charge in [0.25, 0.3) is 0 Å². The molecule has 0 unspecified atom stereocenters. The summed E-state index contributed by atoms with van der Waals surface area (Å²) in [5.74, 6) is 1.67. The number of nitrogens with one attached hydrogen (secondary N) is 1. The van der Waals surface area contributed by atoms with E-state index >= 15 is 0 Å². The second-order valence-corrected chi connectivity index (χ2v) is 7.16. The molecule has 0 aliphatic rings. The average molecular weight is 409 g/mol. The Hall–Kier alpha value is -3.99. The molecule has 5 heteroatoms. The molecule has 0 amide bonds. The fourth-order valence-electron chi connectivity index (χ4n) is 3.22. The third kappa shape index (κ3) is 5.76. The third-order valence-electron chi connectivity index (χ3n) is 4.73. The molecule has 0 saturated heterocycles. The number of benzene rings is 3. The Morgan fingerprint density at radius 1 is 0.871 bits per heavy atom. The third-order valence-corrected chi connectivity index (χ3v) is 4.73. The summed E-state index contributed by atoms with van der Waals surface area (Å²) >= 11 is 0. The van der Waals surface area contributed by atoms with Crippen LogP contribution >= 0.6 is 0 Å². The summed E-state index contributed by atoms with van der Waals surface area (Å²) in [6.07, 6.45) is 1.00. The van der Waals surface area contributed by atoms with Crippen LogP contribution < -0.4 is 10.1 Å². The van der Waals surface area contributed by atoms with Crippen molar-refractivity contribution in [3.05, 3.63) is 102 Å². The van der Waals surface area contributed by atoms with Crippen LogP contribution in [0.2, 0.25) is 0 Å². The van der Waals surface area contributed by atoms with Gasteiger partial charge in [-0.05, 0) is 43.2 Å². The number of nitrogens with zero attached hydrogens (tertiary/aromatic N) is 2. The smallest absolute Gasteiger partial charge is 0.311 e. The number of hydrogen-bond acceptors (Lipinski definition) is 5. The van der Waals surface area contributed by atoms with Crippen molar-refractivity contribution in [1.82, 2.24) is 9.97 Å². The molecule has 0 radical (unpaired) electrons. The summed E-state index contributed by atoms with van der Waals surface area (Å²) in [6, 6.07) is 29.1. The van der Waals surface area contributed by atoms with Crippen molar-refractivity contribution in [2.24, 2.45) is 0 Å². The van der Waals surface area contributed by atoms with Gasteiger partial charge in [-0.3, -0.25) is 4.79 Å². The first-order valence-corrected chi connectivity index (χ1v) is 10.2. The minimum atomic E-state index is -0.247. The number of carbonyl (C=O) groups is 1. The predicted molar refractivity (Wildman–Crippen MR) is 122 cm³/mol. The van der Waals surface area contributed by atoms with Crippen molar-refractivity contribution in [2.75, 3.05) is 5.32 Å². The first-order valence-electron chi connectivity index (χ1n) is 10.2. The van der Waals surface area contributed by atoms with Crippen LogP contribution in [-0.2, 0) is 11.2 Å². The molecule has 0 fully saturated rings. The molecular formula is C26H23N3O2. The first-order chi connectivity index (χ1) is 15.2. The van der Waals surface area contributed by atoms with Crippen LogP contribution in [0, 0.1) is 6.92 Å². The van der Waals surface area contributed by atoms with E-state index in [1.807, 2.05) is 85.8 Å². The van der Waals surface area contributed by atoms with Gasteiger partial charge >= 0.3 is 5.97 Å². The van der Waals surface area contributed by atoms with E-state index in [0.29, 0.717) is 30.2 Å². The van der Waals surface area contributed by atoms with Crippen molar-refractivity contribution in [2.45, 2.75) is 19.8 Å². The number of ether oxygens (including phenoxy) is 1. The number of aromatic nitrogens is 2. The lowest BCUT2D eigenvalue weighted by atomic mass is 10.1. The average Bonchev–Trinajstić information content (AvgIpc) is 2.80. The van der Waals surface area contributed by atoms with E-state index in [1.165, 1.54) is 0 Å². The molecule has 1 heterocycles. The van der Waals surface area contributed by atoms with Crippen LogP contribution in [0.25, 0.3) is 11.3 Å². The summed E-state index contributed by atoms with van der Waals surface area (Å²) in [7, 11) is 0. The van der Waals surface area contributed by atoms with Gasteiger partial charge in [-0.1, -0.05) is 60.7 Å². The van der Waals surface area contributed by atoms with E-state index < -0.39 is 0 Å². The summed E-state index contributed by atoms with van der Waals surface area (Å²) in [4.78, 5) is 21.1. The molecule has 1 N–H and O–H groups in total. The molecule has 1 aromatic heterocycles. The normalized spacial score (nSPS) is 10.5. The highest BCUT2D eigenvalue weighted by Gasteiger charge is 2.07. The number of anilines is 2. The van der Waals surface area contributed by atoms with Crippen LogP contribution in [0.15, 0.2) is 91.0 Å². The van der Waals surface area contributed by atoms with Gasteiger partial charge in [-0.25, -0.2) is 9.97 Å². The molecule has 154 valence electrons. The molecule has 3 aromatic carbocycles. The maximum atomic E-state index is 12.1. The summed E-state index contributed by atoms with van der Waals surface area (Å²) in [5.41, 5.74) is 3.86. The Balaban J connectivity index is 1.37. The lowest BCUT2D eigenvalue weighted by Gasteiger charge is -2.10. The molecule has 0 aliphatic carbocycles. The van der Waals surface area contributed by atoms with Gasteiger partial charge in [0.2, 0.25) is 0 Å². The Morgan fingerprint density at radius 3 is 2.26 bits per heavy atom. The van der Waals surface area contributed by atoms with Gasteiger partial charge < -0.3 is 10.1 Å². The first kappa shape index (κ1) is 20.3. The SMILES string of the molecule is Cc1nc(Nc2ccc(OC(=O)CCc3ccccc3)cc2)cc(-c2ccccc2)n1. The number of hydrogen-bond donors (Lipinski definition) is 1. The highest BCUT2D eigenvalue weighted by molar-refractivity contribution is 5.73. The van der Waals surface area contributed by atoms with Gasteiger partial charge in [-0.15, -0.1) is 0 Å². The van der Waals surface area contributed by atoms with Gasteiger partial charge in [0, 0.05) is 23.7 Å². The predicted octanol–water partition coefficient (Wildman–Crippen LogP) is 5.73. The zero-order valence-electron chi connectivity index (χ0n) is 17.3. The molecule has 4 rings (SSSR count). The molecule has 4 aromatic rings. The second kappa shape index (κ2) is 9.67. The van der Waals surface area contributed by atoms with E-state index in [-0.39, 0.29) is 5.97 Å². The van der Waals surface area contributed by atoms with Crippen LogP contribution in [0.3, 0.4) is 0 Å². The zero-order valence-corrected chi connectivity index (χ0v) is 17.3. The van der Waals surface area contributed by atoms with E-state index in [0.717, 1.165) is 22.5 Å². The molecular weight excluding hydrogens is 386 g/mol. The Labute approximate surface area is 181 Å². The van der Waals surface area contributed by atoms with E-state index in [4.69, 9.17) is 4.74 Å².